The van der Waals surface area contributed by atoms with Crippen LogP contribution in [0.1, 0.15) is 33.1 Å². The molecule has 1 aliphatic rings. The van der Waals surface area contributed by atoms with Crippen molar-refractivity contribution in [3.05, 3.63) is 22.9 Å². The molecule has 0 saturated heterocycles. The number of nitrogens with one attached hydrogen (secondary N) is 1. The Morgan fingerprint density at radius 3 is 2.90 bits per heavy atom. The van der Waals surface area contributed by atoms with Crippen LogP contribution in [0.15, 0.2) is 22.9 Å². The SMILES string of the molecule is CCCNC1CC(Oc2cncc(Br)c2)C1OCCC. The summed E-state index contributed by atoms with van der Waals surface area (Å²) in [6, 6.07) is 2.35. The van der Waals surface area contributed by atoms with Crippen molar-refractivity contribution >= 4 is 15.9 Å². The van der Waals surface area contributed by atoms with Gasteiger partial charge in [-0.15, -0.1) is 0 Å². The van der Waals surface area contributed by atoms with Crippen molar-refractivity contribution in [2.24, 2.45) is 0 Å². The minimum atomic E-state index is 0.118. The number of rotatable bonds is 8. The van der Waals surface area contributed by atoms with Crippen molar-refractivity contribution in [1.82, 2.24) is 10.3 Å². The smallest absolute Gasteiger partial charge is 0.139 e. The fourth-order valence-electron chi connectivity index (χ4n) is 2.34. The van der Waals surface area contributed by atoms with E-state index in [4.69, 9.17) is 9.47 Å². The molecule has 3 atom stereocenters. The zero-order chi connectivity index (χ0) is 14.4. The predicted octanol–water partition coefficient (Wildman–Crippen LogP) is 3.16. The maximum Gasteiger partial charge on any atom is 0.139 e. The Labute approximate surface area is 129 Å². The number of aromatic nitrogens is 1. The summed E-state index contributed by atoms with van der Waals surface area (Å²) in [5.41, 5.74) is 0. The first-order valence-corrected chi connectivity index (χ1v) is 8.16. The van der Waals surface area contributed by atoms with E-state index in [1.54, 1.807) is 12.4 Å². The molecule has 1 saturated carbocycles. The lowest BCUT2D eigenvalue weighted by molar-refractivity contribution is -0.108. The van der Waals surface area contributed by atoms with Gasteiger partial charge in [0.05, 0.1) is 6.20 Å². The van der Waals surface area contributed by atoms with Crippen molar-refractivity contribution in [3.8, 4) is 5.75 Å². The summed E-state index contributed by atoms with van der Waals surface area (Å²) in [6.07, 6.45) is 6.91. The molecular weight excluding hydrogens is 320 g/mol. The molecule has 112 valence electrons. The van der Waals surface area contributed by atoms with Crippen molar-refractivity contribution in [2.45, 2.75) is 51.4 Å². The van der Waals surface area contributed by atoms with Gasteiger partial charge in [0, 0.05) is 29.7 Å². The van der Waals surface area contributed by atoms with Crippen molar-refractivity contribution in [1.29, 1.82) is 0 Å². The monoisotopic (exact) mass is 342 g/mol. The van der Waals surface area contributed by atoms with Crippen LogP contribution in [0.4, 0.5) is 0 Å². The Morgan fingerprint density at radius 2 is 2.20 bits per heavy atom. The molecule has 1 aliphatic carbocycles. The molecular formula is C15H23BrN2O2. The molecule has 1 heterocycles. The van der Waals surface area contributed by atoms with E-state index in [1.165, 1.54) is 0 Å². The molecule has 0 bridgehead atoms. The van der Waals surface area contributed by atoms with E-state index in [1.807, 2.05) is 6.07 Å². The summed E-state index contributed by atoms with van der Waals surface area (Å²) in [5.74, 6) is 0.795. The van der Waals surface area contributed by atoms with E-state index < -0.39 is 0 Å². The van der Waals surface area contributed by atoms with Gasteiger partial charge in [-0.2, -0.15) is 0 Å². The molecule has 4 nitrogen and oxygen atoms in total. The highest BCUT2D eigenvalue weighted by Gasteiger charge is 2.43. The molecule has 1 aromatic rings. The van der Waals surface area contributed by atoms with Crippen molar-refractivity contribution in [3.63, 3.8) is 0 Å². The lowest BCUT2D eigenvalue weighted by Gasteiger charge is -2.44. The second kappa shape index (κ2) is 7.96. The first kappa shape index (κ1) is 15.7. The molecule has 0 amide bonds. The van der Waals surface area contributed by atoms with Gasteiger partial charge in [-0.3, -0.25) is 4.98 Å². The molecule has 2 rings (SSSR count). The van der Waals surface area contributed by atoms with E-state index in [2.05, 4.69) is 40.1 Å². The van der Waals surface area contributed by atoms with Crippen LogP contribution < -0.4 is 10.1 Å². The van der Waals surface area contributed by atoms with Crippen molar-refractivity contribution in [2.75, 3.05) is 13.2 Å². The summed E-state index contributed by atoms with van der Waals surface area (Å²) >= 11 is 3.41. The zero-order valence-electron chi connectivity index (χ0n) is 12.1. The van der Waals surface area contributed by atoms with Crippen LogP contribution in [0.25, 0.3) is 0 Å². The van der Waals surface area contributed by atoms with E-state index in [0.717, 1.165) is 42.6 Å². The third-order valence-electron chi connectivity index (χ3n) is 3.39. The summed E-state index contributed by atoms with van der Waals surface area (Å²) < 4.78 is 12.9. The van der Waals surface area contributed by atoms with Gasteiger partial charge in [-0.05, 0) is 41.4 Å². The molecule has 3 unspecified atom stereocenters. The highest BCUT2D eigenvalue weighted by Crippen LogP contribution is 2.30. The molecule has 1 aromatic heterocycles. The second-order valence-electron chi connectivity index (χ2n) is 5.13. The summed E-state index contributed by atoms with van der Waals surface area (Å²) in [6.45, 7) is 6.11. The number of hydrogen-bond acceptors (Lipinski definition) is 4. The number of ether oxygens (including phenoxy) is 2. The van der Waals surface area contributed by atoms with E-state index in [-0.39, 0.29) is 12.2 Å². The molecule has 0 aromatic carbocycles. The van der Waals surface area contributed by atoms with Crippen LogP contribution in [0.3, 0.4) is 0 Å². The molecule has 20 heavy (non-hydrogen) atoms. The van der Waals surface area contributed by atoms with Gasteiger partial charge in [-0.1, -0.05) is 13.8 Å². The quantitative estimate of drug-likeness (QED) is 0.787. The standard InChI is InChI=1S/C15H23BrN2O2/c1-3-5-18-13-8-14(15(13)19-6-4-2)20-12-7-11(16)9-17-10-12/h7,9-10,13-15,18H,3-6,8H2,1-2H3. The van der Waals surface area contributed by atoms with Gasteiger partial charge in [0.1, 0.15) is 18.0 Å². The summed E-state index contributed by atoms with van der Waals surface area (Å²) in [7, 11) is 0. The molecule has 5 heteroatoms. The van der Waals surface area contributed by atoms with Crippen LogP contribution in [0.2, 0.25) is 0 Å². The van der Waals surface area contributed by atoms with Gasteiger partial charge in [0.25, 0.3) is 0 Å². The van der Waals surface area contributed by atoms with Gasteiger partial charge < -0.3 is 14.8 Å². The fraction of sp³-hybridized carbons (Fsp3) is 0.667. The van der Waals surface area contributed by atoms with Gasteiger partial charge in [0.2, 0.25) is 0 Å². The lowest BCUT2D eigenvalue weighted by Crippen LogP contribution is -2.61. The first-order valence-electron chi connectivity index (χ1n) is 7.36. The second-order valence-corrected chi connectivity index (χ2v) is 6.04. The summed E-state index contributed by atoms with van der Waals surface area (Å²) in [4.78, 5) is 4.12. The molecule has 0 spiro atoms. The average Bonchev–Trinajstić information content (AvgIpc) is 2.42. The molecule has 1 fully saturated rings. The maximum absolute atomic E-state index is 5.99. The van der Waals surface area contributed by atoms with E-state index in [0.29, 0.717) is 6.04 Å². The Hall–Kier alpha value is -0.650. The average molecular weight is 343 g/mol. The Balaban J connectivity index is 1.90. The molecule has 0 radical (unpaired) electrons. The zero-order valence-corrected chi connectivity index (χ0v) is 13.7. The highest BCUT2D eigenvalue weighted by atomic mass is 79.9. The number of pyridine rings is 1. The first-order chi connectivity index (χ1) is 9.74. The third-order valence-corrected chi connectivity index (χ3v) is 3.82. The highest BCUT2D eigenvalue weighted by molar-refractivity contribution is 9.10. The minimum Gasteiger partial charge on any atom is -0.486 e. The van der Waals surface area contributed by atoms with Crippen LogP contribution in [0.5, 0.6) is 5.75 Å². The van der Waals surface area contributed by atoms with Crippen LogP contribution in [-0.2, 0) is 4.74 Å². The largest absolute Gasteiger partial charge is 0.486 e. The Morgan fingerprint density at radius 1 is 1.35 bits per heavy atom. The topological polar surface area (TPSA) is 43.4 Å². The Kier molecular flexibility index (Phi) is 6.26. The lowest BCUT2D eigenvalue weighted by atomic mass is 9.85. The third kappa shape index (κ3) is 4.17. The van der Waals surface area contributed by atoms with Crippen LogP contribution in [-0.4, -0.2) is 36.4 Å². The van der Waals surface area contributed by atoms with Crippen molar-refractivity contribution < 1.29 is 9.47 Å². The normalized spacial score (nSPS) is 25.2. The molecule has 1 N–H and O–H groups in total. The van der Waals surface area contributed by atoms with Gasteiger partial charge in [0.15, 0.2) is 0 Å². The fourth-order valence-corrected chi connectivity index (χ4v) is 2.68. The van der Waals surface area contributed by atoms with Crippen LogP contribution in [0, 0.1) is 0 Å². The predicted molar refractivity (Wildman–Crippen MR) is 83.1 cm³/mol. The number of nitrogens with zero attached hydrogens (tertiary/aromatic N) is 1. The van der Waals surface area contributed by atoms with E-state index >= 15 is 0 Å². The minimum absolute atomic E-state index is 0.118. The number of halogens is 1. The van der Waals surface area contributed by atoms with Gasteiger partial charge >= 0.3 is 0 Å². The number of hydrogen-bond donors (Lipinski definition) is 1. The Bertz CT molecular complexity index is 417. The summed E-state index contributed by atoms with van der Waals surface area (Å²) in [5, 5.41) is 3.53. The van der Waals surface area contributed by atoms with Crippen LogP contribution >= 0.6 is 15.9 Å². The molecule has 0 aliphatic heterocycles. The van der Waals surface area contributed by atoms with Gasteiger partial charge in [-0.25, -0.2) is 0 Å². The maximum atomic E-state index is 5.99. The van der Waals surface area contributed by atoms with E-state index in [9.17, 15) is 0 Å².